The zero-order valence-corrected chi connectivity index (χ0v) is 12.1. The Bertz CT molecular complexity index is 421. The minimum Gasteiger partial charge on any atom is -0.375 e. The van der Waals surface area contributed by atoms with Gasteiger partial charge in [0, 0.05) is 37.0 Å². The fourth-order valence-corrected chi connectivity index (χ4v) is 3.48. The summed E-state index contributed by atoms with van der Waals surface area (Å²) < 4.78 is 8.25. The summed E-state index contributed by atoms with van der Waals surface area (Å²) in [5, 5.41) is 3.50. The van der Waals surface area contributed by atoms with Gasteiger partial charge >= 0.3 is 0 Å². The Morgan fingerprint density at radius 1 is 1.42 bits per heavy atom. The van der Waals surface area contributed by atoms with E-state index in [1.165, 1.54) is 18.5 Å². The molecule has 3 heterocycles. The van der Waals surface area contributed by atoms with Crippen LogP contribution in [0.4, 0.5) is 0 Å². The number of rotatable bonds is 2. The molecule has 2 aliphatic rings. The number of ether oxygens (including phenoxy) is 1. The molecule has 0 spiro atoms. The molecule has 0 bridgehead atoms. The molecule has 4 heteroatoms. The Morgan fingerprint density at radius 2 is 2.32 bits per heavy atom. The van der Waals surface area contributed by atoms with Gasteiger partial charge < -0.3 is 14.6 Å². The second-order valence-corrected chi connectivity index (χ2v) is 6.52. The van der Waals surface area contributed by atoms with Crippen LogP contribution in [-0.4, -0.2) is 34.8 Å². The van der Waals surface area contributed by atoms with E-state index in [-0.39, 0.29) is 5.60 Å². The summed E-state index contributed by atoms with van der Waals surface area (Å²) in [4.78, 5) is 4.41. The molecule has 0 aromatic carbocycles. The lowest BCUT2D eigenvalue weighted by molar-refractivity contribution is -0.0695. The molecule has 0 radical (unpaired) electrons. The van der Waals surface area contributed by atoms with Crippen LogP contribution in [0.1, 0.15) is 57.2 Å². The summed E-state index contributed by atoms with van der Waals surface area (Å²) in [6.07, 6.45) is 8.83. The first kappa shape index (κ1) is 13.1. The summed E-state index contributed by atoms with van der Waals surface area (Å²) in [5.41, 5.74) is 1.41. The molecule has 19 heavy (non-hydrogen) atoms. The highest BCUT2D eigenvalue weighted by molar-refractivity contribution is 5.10. The number of aromatic nitrogens is 2. The van der Waals surface area contributed by atoms with E-state index in [0.29, 0.717) is 12.0 Å². The van der Waals surface area contributed by atoms with Crippen LogP contribution in [0.3, 0.4) is 0 Å². The van der Waals surface area contributed by atoms with E-state index in [1.54, 1.807) is 0 Å². The predicted octanol–water partition coefficient (Wildman–Crippen LogP) is 2.48. The molecule has 2 aliphatic heterocycles. The van der Waals surface area contributed by atoms with Crippen LogP contribution in [0, 0.1) is 0 Å². The maximum absolute atomic E-state index is 5.83. The van der Waals surface area contributed by atoms with Gasteiger partial charge in [-0.15, -0.1) is 0 Å². The SMILES string of the molecule is CC1(C)CC(n2cncc2C2CCCNC2)CCO1. The summed E-state index contributed by atoms with van der Waals surface area (Å²) >= 11 is 0. The van der Waals surface area contributed by atoms with Crippen molar-refractivity contribution in [3.8, 4) is 0 Å². The van der Waals surface area contributed by atoms with Crippen LogP contribution in [0.15, 0.2) is 12.5 Å². The minimum absolute atomic E-state index is 0.00469. The first-order valence-corrected chi connectivity index (χ1v) is 7.52. The standard InChI is InChI=1S/C15H25N3O/c1-15(2)8-13(5-7-19-15)18-11-17-10-14(18)12-4-3-6-16-9-12/h10-13,16H,3-9H2,1-2H3. The van der Waals surface area contributed by atoms with Gasteiger partial charge in [-0.05, 0) is 46.1 Å². The molecule has 0 saturated carbocycles. The van der Waals surface area contributed by atoms with E-state index in [1.807, 2.05) is 6.33 Å². The quantitative estimate of drug-likeness (QED) is 0.891. The predicted molar refractivity (Wildman–Crippen MR) is 75.4 cm³/mol. The van der Waals surface area contributed by atoms with Crippen LogP contribution in [0.5, 0.6) is 0 Å². The molecule has 0 amide bonds. The van der Waals surface area contributed by atoms with Gasteiger partial charge in [-0.25, -0.2) is 4.98 Å². The van der Waals surface area contributed by atoms with E-state index in [2.05, 4.69) is 34.9 Å². The molecule has 1 aromatic rings. The topological polar surface area (TPSA) is 39.1 Å². The fourth-order valence-electron chi connectivity index (χ4n) is 3.48. The van der Waals surface area contributed by atoms with Gasteiger partial charge in [0.05, 0.1) is 11.9 Å². The van der Waals surface area contributed by atoms with Gasteiger partial charge in [-0.2, -0.15) is 0 Å². The molecule has 1 N–H and O–H groups in total. The van der Waals surface area contributed by atoms with Crippen LogP contribution in [-0.2, 0) is 4.74 Å². The van der Waals surface area contributed by atoms with Crippen molar-refractivity contribution in [3.63, 3.8) is 0 Å². The molecular weight excluding hydrogens is 238 g/mol. The van der Waals surface area contributed by atoms with Crippen LogP contribution >= 0.6 is 0 Å². The Morgan fingerprint density at radius 3 is 3.05 bits per heavy atom. The van der Waals surface area contributed by atoms with Gasteiger partial charge in [0.15, 0.2) is 0 Å². The summed E-state index contributed by atoms with van der Waals surface area (Å²) in [6, 6.07) is 0.545. The third-order valence-electron chi connectivity index (χ3n) is 4.48. The Kier molecular flexibility index (Phi) is 3.63. The number of imidazole rings is 1. The van der Waals surface area contributed by atoms with Crippen molar-refractivity contribution in [1.29, 1.82) is 0 Å². The van der Waals surface area contributed by atoms with Crippen molar-refractivity contribution in [3.05, 3.63) is 18.2 Å². The molecule has 2 atom stereocenters. The normalized spacial score (nSPS) is 31.3. The smallest absolute Gasteiger partial charge is 0.0950 e. The molecule has 0 aliphatic carbocycles. The molecule has 3 rings (SSSR count). The minimum atomic E-state index is -0.00469. The first-order valence-electron chi connectivity index (χ1n) is 7.52. The van der Waals surface area contributed by atoms with E-state index in [0.717, 1.165) is 32.5 Å². The Hall–Kier alpha value is -0.870. The summed E-state index contributed by atoms with van der Waals surface area (Å²) in [6.45, 7) is 7.50. The molecule has 2 saturated heterocycles. The third-order valence-corrected chi connectivity index (χ3v) is 4.48. The largest absolute Gasteiger partial charge is 0.375 e. The lowest BCUT2D eigenvalue weighted by atomic mass is 9.91. The Balaban J connectivity index is 1.79. The second kappa shape index (κ2) is 5.25. The zero-order chi connectivity index (χ0) is 13.3. The summed E-state index contributed by atoms with van der Waals surface area (Å²) in [5.74, 6) is 0.627. The van der Waals surface area contributed by atoms with E-state index < -0.39 is 0 Å². The highest BCUT2D eigenvalue weighted by Gasteiger charge is 2.31. The molecule has 2 fully saturated rings. The number of hydrogen-bond acceptors (Lipinski definition) is 3. The lowest BCUT2D eigenvalue weighted by Gasteiger charge is -2.37. The van der Waals surface area contributed by atoms with Crippen molar-refractivity contribution in [2.45, 2.75) is 57.1 Å². The fraction of sp³-hybridized carbons (Fsp3) is 0.800. The molecular formula is C15H25N3O. The van der Waals surface area contributed by atoms with E-state index in [4.69, 9.17) is 4.74 Å². The maximum Gasteiger partial charge on any atom is 0.0950 e. The third kappa shape index (κ3) is 2.84. The molecule has 4 nitrogen and oxygen atoms in total. The zero-order valence-electron chi connectivity index (χ0n) is 12.1. The van der Waals surface area contributed by atoms with Crippen LogP contribution in [0.2, 0.25) is 0 Å². The first-order chi connectivity index (χ1) is 9.16. The van der Waals surface area contributed by atoms with Crippen molar-refractivity contribution < 1.29 is 4.74 Å². The van der Waals surface area contributed by atoms with Crippen molar-refractivity contribution in [1.82, 2.24) is 14.9 Å². The van der Waals surface area contributed by atoms with Gasteiger partial charge in [-0.3, -0.25) is 0 Å². The van der Waals surface area contributed by atoms with Crippen molar-refractivity contribution in [2.24, 2.45) is 0 Å². The van der Waals surface area contributed by atoms with Crippen molar-refractivity contribution in [2.75, 3.05) is 19.7 Å². The highest BCUT2D eigenvalue weighted by atomic mass is 16.5. The van der Waals surface area contributed by atoms with Crippen LogP contribution < -0.4 is 5.32 Å². The number of piperidine rings is 1. The van der Waals surface area contributed by atoms with Gasteiger partial charge in [0.2, 0.25) is 0 Å². The summed E-state index contributed by atoms with van der Waals surface area (Å²) in [7, 11) is 0. The van der Waals surface area contributed by atoms with Gasteiger partial charge in [-0.1, -0.05) is 0 Å². The van der Waals surface area contributed by atoms with Crippen LogP contribution in [0.25, 0.3) is 0 Å². The second-order valence-electron chi connectivity index (χ2n) is 6.52. The van der Waals surface area contributed by atoms with E-state index in [9.17, 15) is 0 Å². The van der Waals surface area contributed by atoms with Gasteiger partial charge in [0.25, 0.3) is 0 Å². The van der Waals surface area contributed by atoms with E-state index >= 15 is 0 Å². The number of nitrogens with one attached hydrogen (secondary N) is 1. The molecule has 1 aromatic heterocycles. The number of nitrogens with zero attached hydrogens (tertiary/aromatic N) is 2. The molecule has 106 valence electrons. The lowest BCUT2D eigenvalue weighted by Crippen LogP contribution is -2.36. The van der Waals surface area contributed by atoms with Gasteiger partial charge in [0.1, 0.15) is 0 Å². The monoisotopic (exact) mass is 263 g/mol. The molecule has 2 unspecified atom stereocenters. The maximum atomic E-state index is 5.83. The average molecular weight is 263 g/mol. The number of hydrogen-bond donors (Lipinski definition) is 1. The highest BCUT2D eigenvalue weighted by Crippen LogP contribution is 2.34. The Labute approximate surface area is 115 Å². The average Bonchev–Trinajstić information content (AvgIpc) is 2.88. The van der Waals surface area contributed by atoms with Crippen molar-refractivity contribution >= 4 is 0 Å².